The van der Waals surface area contributed by atoms with Crippen LogP contribution in [0.25, 0.3) is 0 Å². The van der Waals surface area contributed by atoms with Crippen LogP contribution in [0.15, 0.2) is 0 Å². The number of hydrogen-bond donors (Lipinski definition) is 0. The molecule has 0 spiro atoms. The average molecular weight is 130 g/mol. The molecule has 0 rings (SSSR count). The average Bonchev–Trinajstić information content (AvgIpc) is 1.83. The summed E-state index contributed by atoms with van der Waals surface area (Å²) in [7, 11) is 0.363. The van der Waals surface area contributed by atoms with Gasteiger partial charge >= 0.3 is 0 Å². The maximum atomic E-state index is 2.36. The highest BCUT2D eigenvalue weighted by atomic mass is 28.2. The molecule has 1 heteroatoms. The molecular formula is C7H18Si. The van der Waals surface area contributed by atoms with Crippen LogP contribution in [0.4, 0.5) is 0 Å². The fourth-order valence-electron chi connectivity index (χ4n) is 0.757. The predicted molar refractivity (Wildman–Crippen MR) is 43.3 cm³/mol. The number of rotatable bonds is 4. The summed E-state index contributed by atoms with van der Waals surface area (Å²) in [6.45, 7) is 6.96. The molecule has 0 bridgehead atoms. The molecule has 0 aromatic carbocycles. The zero-order valence-corrected chi connectivity index (χ0v) is 7.82. The molecule has 0 aliphatic heterocycles. The van der Waals surface area contributed by atoms with Crippen LogP contribution >= 0.6 is 0 Å². The Kier molecular flexibility index (Phi) is 5.50. The summed E-state index contributed by atoms with van der Waals surface area (Å²) in [5.41, 5.74) is 0. The molecular weight excluding hydrogens is 112 g/mol. The fraction of sp³-hybridized carbons (Fsp3) is 1.00. The van der Waals surface area contributed by atoms with Crippen LogP contribution in [0, 0.1) is 5.92 Å². The van der Waals surface area contributed by atoms with Crippen LogP contribution in [0.5, 0.6) is 0 Å². The van der Waals surface area contributed by atoms with Crippen LogP contribution in [-0.2, 0) is 0 Å². The predicted octanol–water partition coefficient (Wildman–Crippen LogP) is 2.06. The van der Waals surface area contributed by atoms with Crippen molar-refractivity contribution in [3.63, 3.8) is 0 Å². The third kappa shape index (κ3) is 4.38. The van der Waals surface area contributed by atoms with E-state index in [9.17, 15) is 0 Å². The Balaban J connectivity index is 2.86. The zero-order chi connectivity index (χ0) is 6.41. The molecule has 0 unspecified atom stereocenters. The van der Waals surface area contributed by atoms with Gasteiger partial charge in [-0.15, -0.1) is 0 Å². The van der Waals surface area contributed by atoms with E-state index in [4.69, 9.17) is 0 Å². The van der Waals surface area contributed by atoms with Crippen LogP contribution in [0.1, 0.15) is 27.2 Å². The van der Waals surface area contributed by atoms with Crippen molar-refractivity contribution in [2.24, 2.45) is 5.92 Å². The lowest BCUT2D eigenvalue weighted by atomic mass is 10.2. The molecule has 50 valence electrons. The lowest BCUT2D eigenvalue weighted by molar-refractivity contribution is 0.622. The Labute approximate surface area is 55.5 Å². The SMILES string of the molecule is CC[SiH2]C[C@@H](C)CC. The summed E-state index contributed by atoms with van der Waals surface area (Å²) in [6, 6.07) is 3.05. The lowest BCUT2D eigenvalue weighted by Gasteiger charge is -2.03. The first kappa shape index (κ1) is 8.22. The van der Waals surface area contributed by atoms with E-state index in [2.05, 4.69) is 20.8 Å². The van der Waals surface area contributed by atoms with Gasteiger partial charge in [0.1, 0.15) is 0 Å². The summed E-state index contributed by atoms with van der Waals surface area (Å²) in [5.74, 6) is 1.02. The molecule has 0 nitrogen and oxygen atoms in total. The van der Waals surface area contributed by atoms with Crippen LogP contribution in [0.3, 0.4) is 0 Å². The lowest BCUT2D eigenvalue weighted by Crippen LogP contribution is -1.96. The van der Waals surface area contributed by atoms with Gasteiger partial charge in [0, 0.05) is 9.52 Å². The van der Waals surface area contributed by atoms with Crippen LogP contribution in [0.2, 0.25) is 12.1 Å². The van der Waals surface area contributed by atoms with Gasteiger partial charge in [-0.2, -0.15) is 0 Å². The van der Waals surface area contributed by atoms with Crippen molar-refractivity contribution in [2.45, 2.75) is 39.3 Å². The van der Waals surface area contributed by atoms with E-state index >= 15 is 0 Å². The van der Waals surface area contributed by atoms with Gasteiger partial charge in [-0.1, -0.05) is 39.3 Å². The molecule has 1 atom stereocenters. The number of hydrogen-bond acceptors (Lipinski definition) is 0. The Bertz CT molecular complexity index is 43.7. The van der Waals surface area contributed by atoms with Crippen LogP contribution < -0.4 is 0 Å². The first-order valence-corrected chi connectivity index (χ1v) is 5.81. The van der Waals surface area contributed by atoms with Crippen molar-refractivity contribution in [3.8, 4) is 0 Å². The zero-order valence-electron chi connectivity index (χ0n) is 6.41. The molecule has 0 fully saturated rings. The second kappa shape index (κ2) is 5.36. The van der Waals surface area contributed by atoms with Crippen molar-refractivity contribution in [2.75, 3.05) is 0 Å². The molecule has 0 amide bonds. The topological polar surface area (TPSA) is 0 Å². The van der Waals surface area contributed by atoms with Gasteiger partial charge in [-0.25, -0.2) is 0 Å². The summed E-state index contributed by atoms with van der Waals surface area (Å²) in [5, 5.41) is 0. The third-order valence-corrected chi connectivity index (χ3v) is 3.85. The highest BCUT2D eigenvalue weighted by molar-refractivity contribution is 6.35. The van der Waals surface area contributed by atoms with Gasteiger partial charge in [-0.05, 0) is 5.92 Å². The van der Waals surface area contributed by atoms with Gasteiger partial charge in [0.15, 0.2) is 0 Å². The molecule has 0 aliphatic rings. The van der Waals surface area contributed by atoms with Crippen molar-refractivity contribution >= 4 is 9.52 Å². The van der Waals surface area contributed by atoms with Crippen molar-refractivity contribution in [1.29, 1.82) is 0 Å². The van der Waals surface area contributed by atoms with Gasteiger partial charge in [-0.3, -0.25) is 0 Å². The molecule has 0 saturated carbocycles. The van der Waals surface area contributed by atoms with Gasteiger partial charge in [0.25, 0.3) is 0 Å². The Morgan fingerprint density at radius 3 is 2.38 bits per heavy atom. The largest absolute Gasteiger partial charge is 0.0683 e. The fourth-order valence-corrected chi connectivity index (χ4v) is 2.27. The van der Waals surface area contributed by atoms with E-state index in [0.717, 1.165) is 5.92 Å². The normalized spacial score (nSPS) is 15.4. The maximum Gasteiger partial charge on any atom is 0.0197 e. The van der Waals surface area contributed by atoms with E-state index in [1.54, 1.807) is 6.04 Å². The van der Waals surface area contributed by atoms with Gasteiger partial charge in [0.05, 0.1) is 0 Å². The Morgan fingerprint density at radius 1 is 1.38 bits per heavy atom. The molecule has 0 aromatic rings. The van der Waals surface area contributed by atoms with E-state index in [1.807, 2.05) is 0 Å². The summed E-state index contributed by atoms with van der Waals surface area (Å²) in [6.07, 6.45) is 1.38. The highest BCUT2D eigenvalue weighted by Gasteiger charge is 1.95. The molecule has 0 aliphatic carbocycles. The first-order chi connectivity index (χ1) is 3.81. The molecule has 0 N–H and O–H groups in total. The highest BCUT2D eigenvalue weighted by Crippen LogP contribution is 2.06. The van der Waals surface area contributed by atoms with Crippen molar-refractivity contribution in [1.82, 2.24) is 0 Å². The van der Waals surface area contributed by atoms with E-state index < -0.39 is 0 Å². The Hall–Kier alpha value is 0.217. The summed E-state index contributed by atoms with van der Waals surface area (Å²) < 4.78 is 0. The molecule has 0 radical (unpaired) electrons. The quantitative estimate of drug-likeness (QED) is 0.511. The second-order valence-electron chi connectivity index (χ2n) is 2.66. The van der Waals surface area contributed by atoms with Gasteiger partial charge < -0.3 is 0 Å². The van der Waals surface area contributed by atoms with Crippen LogP contribution in [-0.4, -0.2) is 9.52 Å². The third-order valence-electron chi connectivity index (χ3n) is 1.75. The summed E-state index contributed by atoms with van der Waals surface area (Å²) in [4.78, 5) is 0. The maximum absolute atomic E-state index is 2.36. The smallest absolute Gasteiger partial charge is 0.0197 e. The molecule has 0 aromatic heterocycles. The van der Waals surface area contributed by atoms with Crippen molar-refractivity contribution in [3.05, 3.63) is 0 Å². The first-order valence-electron chi connectivity index (χ1n) is 3.81. The molecule has 0 saturated heterocycles. The molecule has 0 heterocycles. The minimum absolute atomic E-state index is 0.363. The van der Waals surface area contributed by atoms with E-state index in [-0.39, 0.29) is 0 Å². The minimum Gasteiger partial charge on any atom is -0.0683 e. The van der Waals surface area contributed by atoms with Crippen molar-refractivity contribution < 1.29 is 0 Å². The van der Waals surface area contributed by atoms with E-state index in [1.165, 1.54) is 12.5 Å². The van der Waals surface area contributed by atoms with E-state index in [0.29, 0.717) is 9.52 Å². The standard InChI is InChI=1S/C7H18Si/c1-4-7(3)6-8-5-2/h7H,4-6,8H2,1-3H3/t7-/m0/s1. The Morgan fingerprint density at radius 2 is 2.00 bits per heavy atom. The second-order valence-corrected chi connectivity index (χ2v) is 4.94. The minimum atomic E-state index is 0.363. The van der Waals surface area contributed by atoms with Gasteiger partial charge in [0.2, 0.25) is 0 Å². The monoisotopic (exact) mass is 130 g/mol. The molecule has 8 heavy (non-hydrogen) atoms. The summed E-state index contributed by atoms with van der Waals surface area (Å²) >= 11 is 0.